The molecule has 2 atom stereocenters. The number of nitrogens with two attached hydrogens (primary N) is 1. The van der Waals surface area contributed by atoms with Gasteiger partial charge in [0.05, 0.1) is 15.5 Å². The van der Waals surface area contributed by atoms with Crippen LogP contribution in [0.4, 0.5) is 4.79 Å². The second-order valence-electron chi connectivity index (χ2n) is 13.0. The fourth-order valence-corrected chi connectivity index (χ4v) is 7.08. The van der Waals surface area contributed by atoms with Crippen molar-refractivity contribution in [3.63, 3.8) is 0 Å². The average molecular weight is 702 g/mol. The molecule has 0 bridgehead atoms. The van der Waals surface area contributed by atoms with Crippen LogP contribution in [0.15, 0.2) is 48.5 Å². The molecule has 4 rings (SSSR count). The van der Waals surface area contributed by atoms with Crippen LogP contribution in [0, 0.1) is 5.41 Å². The molecule has 12 heteroatoms. The second-order valence-corrected chi connectivity index (χ2v) is 13.9. The van der Waals surface area contributed by atoms with Crippen LogP contribution in [0.1, 0.15) is 69.4 Å². The van der Waals surface area contributed by atoms with Crippen molar-refractivity contribution in [2.75, 3.05) is 39.3 Å². The van der Waals surface area contributed by atoms with Gasteiger partial charge in [-0.1, -0.05) is 66.0 Å². The number of piperidine rings is 2. The van der Waals surface area contributed by atoms with E-state index in [-0.39, 0.29) is 42.8 Å². The predicted octanol–water partition coefficient (Wildman–Crippen LogP) is 4.70. The van der Waals surface area contributed by atoms with Crippen molar-refractivity contribution in [2.24, 2.45) is 11.1 Å². The largest absolute Gasteiger partial charge is 0.356 e. The lowest BCUT2D eigenvalue weighted by Crippen LogP contribution is -2.59. The first-order valence-electron chi connectivity index (χ1n) is 17.2. The van der Waals surface area contributed by atoms with Crippen molar-refractivity contribution in [3.05, 3.63) is 69.7 Å². The molecule has 2 saturated heterocycles. The van der Waals surface area contributed by atoms with Crippen LogP contribution in [0.25, 0.3) is 0 Å². The summed E-state index contributed by atoms with van der Waals surface area (Å²) in [6, 6.07) is 13.8. The molecule has 2 aromatic carbocycles. The van der Waals surface area contributed by atoms with Gasteiger partial charge in [0.2, 0.25) is 17.7 Å². The molecule has 48 heavy (non-hydrogen) atoms. The third-order valence-electron chi connectivity index (χ3n) is 9.37. The molecule has 5 N–H and O–H groups in total. The number of nitrogens with zero attached hydrogens (tertiary/aromatic N) is 2. The number of halogens is 2. The first-order valence-corrected chi connectivity index (χ1v) is 18.0. The molecular formula is C36H50Cl2N6O4. The molecule has 2 heterocycles. The number of unbranched alkanes of at least 4 members (excludes halogenated alkanes) is 2. The van der Waals surface area contributed by atoms with Gasteiger partial charge < -0.3 is 31.5 Å². The summed E-state index contributed by atoms with van der Waals surface area (Å²) in [4.78, 5) is 57.4. The highest BCUT2D eigenvalue weighted by atomic mass is 35.5. The molecule has 2 aliphatic rings. The van der Waals surface area contributed by atoms with Crippen LogP contribution in [0.2, 0.25) is 10.0 Å². The van der Waals surface area contributed by atoms with Gasteiger partial charge in [-0.2, -0.15) is 0 Å². The van der Waals surface area contributed by atoms with Gasteiger partial charge in [-0.3, -0.25) is 14.4 Å². The van der Waals surface area contributed by atoms with E-state index < -0.39 is 11.5 Å². The summed E-state index contributed by atoms with van der Waals surface area (Å²) in [5.41, 5.74) is 6.54. The van der Waals surface area contributed by atoms with Crippen LogP contribution >= 0.6 is 23.2 Å². The number of benzene rings is 2. The van der Waals surface area contributed by atoms with E-state index in [1.807, 2.05) is 37.3 Å². The second kappa shape index (κ2) is 18.4. The maximum absolute atomic E-state index is 14.3. The molecule has 2 aliphatic heterocycles. The zero-order chi connectivity index (χ0) is 34.5. The van der Waals surface area contributed by atoms with Crippen LogP contribution in [0.5, 0.6) is 0 Å². The van der Waals surface area contributed by atoms with E-state index in [9.17, 15) is 19.2 Å². The van der Waals surface area contributed by atoms with E-state index in [1.165, 1.54) is 0 Å². The fraction of sp³-hybridized carbons (Fsp3) is 0.556. The maximum Gasteiger partial charge on any atom is 0.318 e. The summed E-state index contributed by atoms with van der Waals surface area (Å²) >= 11 is 12.5. The monoisotopic (exact) mass is 700 g/mol. The van der Waals surface area contributed by atoms with E-state index in [2.05, 4.69) is 16.0 Å². The third kappa shape index (κ3) is 10.6. The van der Waals surface area contributed by atoms with Crippen molar-refractivity contribution in [3.8, 4) is 0 Å². The first-order chi connectivity index (χ1) is 23.1. The number of hydrogen-bond donors (Lipinski definition) is 4. The first kappa shape index (κ1) is 37.5. The third-order valence-corrected chi connectivity index (χ3v) is 10.1. The van der Waals surface area contributed by atoms with Gasteiger partial charge >= 0.3 is 6.03 Å². The minimum Gasteiger partial charge on any atom is -0.356 e. The molecule has 0 spiro atoms. The van der Waals surface area contributed by atoms with E-state index in [4.69, 9.17) is 28.9 Å². The molecule has 0 saturated carbocycles. The Balaban J connectivity index is 1.46. The summed E-state index contributed by atoms with van der Waals surface area (Å²) in [6.45, 7) is 4.67. The highest BCUT2D eigenvalue weighted by Gasteiger charge is 2.44. The molecule has 1 unspecified atom stereocenters. The normalized spacial score (nSPS) is 19.0. The predicted molar refractivity (Wildman–Crippen MR) is 190 cm³/mol. The van der Waals surface area contributed by atoms with Gasteiger partial charge in [-0.05, 0) is 81.7 Å². The molecule has 2 aromatic rings. The Hall–Kier alpha value is -3.34. The van der Waals surface area contributed by atoms with Crippen molar-refractivity contribution in [1.82, 2.24) is 25.8 Å². The molecule has 0 aromatic heterocycles. The molecule has 0 aliphatic carbocycles. The zero-order valence-corrected chi connectivity index (χ0v) is 29.5. The smallest absolute Gasteiger partial charge is 0.318 e. The summed E-state index contributed by atoms with van der Waals surface area (Å²) in [6.07, 6.45) is 6.43. The van der Waals surface area contributed by atoms with Gasteiger partial charge in [-0.25, -0.2) is 4.79 Å². The van der Waals surface area contributed by atoms with Gasteiger partial charge in [0, 0.05) is 51.6 Å². The zero-order valence-electron chi connectivity index (χ0n) is 27.9. The SMILES string of the molecule is CCNC(=O)[C@]1(Cc2ccccc2)CCCN(C(=O)C(Cc2ccc(Cl)c(Cl)c2)NC(=O)N2CCC(NC(=O)CCCCCN)CC2)C1. The fourth-order valence-electron chi connectivity index (χ4n) is 6.76. The summed E-state index contributed by atoms with van der Waals surface area (Å²) in [5.74, 6) is -0.283. The van der Waals surface area contributed by atoms with Crippen molar-refractivity contribution < 1.29 is 19.2 Å². The Kier molecular flexibility index (Phi) is 14.4. The molecule has 262 valence electrons. The summed E-state index contributed by atoms with van der Waals surface area (Å²) in [7, 11) is 0. The number of rotatable bonds is 14. The average Bonchev–Trinajstić information content (AvgIpc) is 3.08. The molecule has 10 nitrogen and oxygen atoms in total. The van der Waals surface area contributed by atoms with Gasteiger partial charge in [0.25, 0.3) is 0 Å². The topological polar surface area (TPSA) is 137 Å². The molecular weight excluding hydrogens is 651 g/mol. The minimum absolute atomic E-state index is 0.00468. The van der Waals surface area contributed by atoms with Crippen LogP contribution in [0.3, 0.4) is 0 Å². The van der Waals surface area contributed by atoms with Crippen LogP contribution < -0.4 is 21.7 Å². The molecule has 0 radical (unpaired) electrons. The highest BCUT2D eigenvalue weighted by molar-refractivity contribution is 6.42. The highest BCUT2D eigenvalue weighted by Crippen LogP contribution is 2.35. The summed E-state index contributed by atoms with van der Waals surface area (Å²) in [5, 5.41) is 9.89. The number of urea groups is 1. The Morgan fingerprint density at radius 3 is 2.38 bits per heavy atom. The number of carbonyl (C=O) groups is 4. The van der Waals surface area contributed by atoms with E-state index in [0.717, 1.165) is 30.4 Å². The maximum atomic E-state index is 14.3. The lowest BCUT2D eigenvalue weighted by Gasteiger charge is -2.43. The lowest BCUT2D eigenvalue weighted by molar-refractivity contribution is -0.143. The van der Waals surface area contributed by atoms with Crippen LogP contribution in [-0.2, 0) is 27.2 Å². The molecule has 2 fully saturated rings. The number of amides is 5. The Labute approximate surface area is 294 Å². The quantitative estimate of drug-likeness (QED) is 0.212. The van der Waals surface area contributed by atoms with Crippen molar-refractivity contribution in [2.45, 2.75) is 83.2 Å². The van der Waals surface area contributed by atoms with Crippen molar-refractivity contribution >= 4 is 47.0 Å². The van der Waals surface area contributed by atoms with Gasteiger partial charge in [0.1, 0.15) is 6.04 Å². The van der Waals surface area contributed by atoms with Crippen LogP contribution in [-0.4, -0.2) is 84.9 Å². The van der Waals surface area contributed by atoms with E-state index in [1.54, 1.807) is 28.0 Å². The minimum atomic E-state index is -0.887. The number of likely N-dealkylation sites (tertiary alicyclic amines) is 2. The number of carbonyl (C=O) groups excluding carboxylic acids is 4. The van der Waals surface area contributed by atoms with Crippen molar-refractivity contribution in [1.29, 1.82) is 0 Å². The standard InChI is InChI=1S/C36H50Cl2N6O4/c1-2-40-34(47)36(24-26-10-5-3-6-11-26)17-9-19-44(25-36)33(46)31(23-27-13-14-29(37)30(38)22-27)42-35(48)43-20-15-28(16-21-43)41-32(45)12-7-4-8-18-39/h3,5-6,10-11,13-14,22,28,31H,2,4,7-9,12,15-21,23-25,39H2,1H3,(H,40,47)(H,41,45)(H,42,48)/t31?,36-/m0/s1. The Morgan fingerprint density at radius 1 is 0.938 bits per heavy atom. The Morgan fingerprint density at radius 2 is 1.69 bits per heavy atom. The Bertz CT molecular complexity index is 1390. The van der Waals surface area contributed by atoms with Gasteiger partial charge in [0.15, 0.2) is 0 Å². The number of nitrogens with one attached hydrogen (secondary N) is 3. The molecule has 5 amide bonds. The van der Waals surface area contributed by atoms with Gasteiger partial charge in [-0.15, -0.1) is 0 Å². The lowest BCUT2D eigenvalue weighted by atomic mass is 9.74. The van der Waals surface area contributed by atoms with E-state index in [0.29, 0.717) is 81.3 Å². The van der Waals surface area contributed by atoms with E-state index >= 15 is 0 Å². The summed E-state index contributed by atoms with van der Waals surface area (Å²) < 4.78 is 0. The number of hydrogen-bond acceptors (Lipinski definition) is 5.